The Morgan fingerprint density at radius 1 is 1.29 bits per heavy atom. The summed E-state index contributed by atoms with van der Waals surface area (Å²) in [6.07, 6.45) is -0.192. The molecule has 0 saturated carbocycles. The van der Waals surface area contributed by atoms with E-state index in [2.05, 4.69) is 5.10 Å². The van der Waals surface area contributed by atoms with Gasteiger partial charge in [0, 0.05) is 20.1 Å². The summed E-state index contributed by atoms with van der Waals surface area (Å²) >= 11 is 0. The van der Waals surface area contributed by atoms with Gasteiger partial charge >= 0.3 is 0 Å². The van der Waals surface area contributed by atoms with Crippen molar-refractivity contribution in [3.63, 3.8) is 0 Å². The number of fused-ring (bicyclic) bond motifs is 1. The van der Waals surface area contributed by atoms with Crippen molar-refractivity contribution in [3.05, 3.63) is 41.2 Å². The lowest BCUT2D eigenvalue weighted by atomic mass is 10.1. The lowest BCUT2D eigenvalue weighted by Gasteiger charge is -2.26. The van der Waals surface area contributed by atoms with Gasteiger partial charge < -0.3 is 23.8 Å². The van der Waals surface area contributed by atoms with Crippen LogP contribution in [0.5, 0.6) is 11.5 Å². The van der Waals surface area contributed by atoms with Crippen molar-refractivity contribution in [3.8, 4) is 11.5 Å². The van der Waals surface area contributed by atoms with Crippen LogP contribution in [-0.2, 0) is 23.1 Å². The largest absolute Gasteiger partial charge is 0.454 e. The monoisotopic (exact) mass is 387 g/mol. The van der Waals surface area contributed by atoms with Crippen molar-refractivity contribution in [1.82, 2.24) is 14.7 Å². The molecule has 1 aromatic heterocycles. The number of benzene rings is 1. The number of hydrogen-bond acceptors (Lipinski definition) is 6. The maximum absolute atomic E-state index is 13.3. The lowest BCUT2D eigenvalue weighted by Crippen LogP contribution is -2.39. The molecule has 8 heteroatoms. The number of ether oxygens (including phenoxy) is 4. The van der Waals surface area contributed by atoms with E-state index in [4.69, 9.17) is 18.9 Å². The SMILES string of the molecule is Cc1cc(C(=O)N(Cc2ccc3c(c2)OCO3)CC2COC(C)(C)O2)n(C)n1. The molecule has 2 aromatic rings. The molecule has 2 aliphatic rings. The molecule has 0 N–H and O–H groups in total. The molecule has 1 fully saturated rings. The molecule has 0 aliphatic carbocycles. The summed E-state index contributed by atoms with van der Waals surface area (Å²) in [5.41, 5.74) is 2.29. The summed E-state index contributed by atoms with van der Waals surface area (Å²) in [6.45, 7) is 7.12. The number of rotatable bonds is 5. The molecule has 2 aliphatic heterocycles. The first kappa shape index (κ1) is 18.8. The number of aryl methyl sites for hydroxylation is 2. The molecule has 0 bridgehead atoms. The Labute approximate surface area is 163 Å². The van der Waals surface area contributed by atoms with Crippen molar-refractivity contribution in [2.45, 2.75) is 39.2 Å². The Morgan fingerprint density at radius 2 is 2.07 bits per heavy atom. The first-order valence-electron chi connectivity index (χ1n) is 9.31. The van der Waals surface area contributed by atoms with Gasteiger partial charge in [0.2, 0.25) is 6.79 Å². The minimum absolute atomic E-state index is 0.103. The highest BCUT2D eigenvalue weighted by Crippen LogP contribution is 2.33. The van der Waals surface area contributed by atoms with Crippen molar-refractivity contribution in [2.75, 3.05) is 19.9 Å². The molecule has 1 aromatic carbocycles. The molecular formula is C20H25N3O5. The zero-order valence-electron chi connectivity index (χ0n) is 16.6. The van der Waals surface area contributed by atoms with Gasteiger partial charge in [-0.25, -0.2) is 0 Å². The molecule has 1 amide bonds. The van der Waals surface area contributed by atoms with Gasteiger partial charge in [0.25, 0.3) is 5.91 Å². The van der Waals surface area contributed by atoms with Crippen LogP contribution in [0, 0.1) is 6.92 Å². The number of amides is 1. The normalized spacial score (nSPS) is 19.8. The van der Waals surface area contributed by atoms with Gasteiger partial charge in [0.05, 0.1) is 12.3 Å². The predicted octanol–water partition coefficient (Wildman–Crippen LogP) is 2.25. The average Bonchev–Trinajstić information content (AvgIpc) is 3.32. The van der Waals surface area contributed by atoms with E-state index in [-0.39, 0.29) is 18.8 Å². The molecule has 1 saturated heterocycles. The molecule has 28 heavy (non-hydrogen) atoms. The molecule has 0 radical (unpaired) electrons. The van der Waals surface area contributed by atoms with Gasteiger partial charge in [0.15, 0.2) is 17.3 Å². The van der Waals surface area contributed by atoms with Crippen LogP contribution in [-0.4, -0.2) is 52.4 Å². The van der Waals surface area contributed by atoms with Crippen molar-refractivity contribution >= 4 is 5.91 Å². The van der Waals surface area contributed by atoms with Crippen molar-refractivity contribution in [1.29, 1.82) is 0 Å². The van der Waals surface area contributed by atoms with Crippen LogP contribution in [0.3, 0.4) is 0 Å². The van der Waals surface area contributed by atoms with Crippen LogP contribution in [0.1, 0.15) is 35.6 Å². The average molecular weight is 387 g/mol. The Morgan fingerprint density at radius 3 is 2.75 bits per heavy atom. The van der Waals surface area contributed by atoms with E-state index in [9.17, 15) is 4.79 Å². The molecule has 8 nitrogen and oxygen atoms in total. The first-order valence-corrected chi connectivity index (χ1v) is 9.31. The first-order chi connectivity index (χ1) is 13.3. The second-order valence-electron chi connectivity index (χ2n) is 7.62. The topological polar surface area (TPSA) is 75.1 Å². The van der Waals surface area contributed by atoms with Crippen LogP contribution >= 0.6 is 0 Å². The maximum atomic E-state index is 13.3. The summed E-state index contributed by atoms with van der Waals surface area (Å²) in [5.74, 6) is 0.677. The minimum atomic E-state index is -0.638. The molecule has 0 spiro atoms. The van der Waals surface area contributed by atoms with Gasteiger partial charge in [-0.2, -0.15) is 5.10 Å². The number of carbonyl (C=O) groups excluding carboxylic acids is 1. The van der Waals surface area contributed by atoms with Crippen LogP contribution in [0.15, 0.2) is 24.3 Å². The lowest BCUT2D eigenvalue weighted by molar-refractivity contribution is -0.139. The molecule has 3 heterocycles. The number of carbonyl (C=O) groups is 1. The van der Waals surface area contributed by atoms with Gasteiger partial charge in [-0.05, 0) is 44.5 Å². The minimum Gasteiger partial charge on any atom is -0.454 e. The number of aromatic nitrogens is 2. The van der Waals surface area contributed by atoms with Crippen LogP contribution in [0.25, 0.3) is 0 Å². The van der Waals surface area contributed by atoms with E-state index in [0.717, 1.165) is 17.0 Å². The quantitative estimate of drug-likeness (QED) is 0.783. The zero-order chi connectivity index (χ0) is 19.9. The third kappa shape index (κ3) is 3.83. The predicted molar refractivity (Wildman–Crippen MR) is 100 cm³/mol. The number of nitrogens with zero attached hydrogens (tertiary/aromatic N) is 3. The van der Waals surface area contributed by atoms with E-state index in [0.29, 0.717) is 31.1 Å². The molecular weight excluding hydrogens is 362 g/mol. The highest BCUT2D eigenvalue weighted by molar-refractivity contribution is 5.92. The van der Waals surface area contributed by atoms with Gasteiger partial charge in [-0.1, -0.05) is 6.07 Å². The summed E-state index contributed by atoms with van der Waals surface area (Å²) < 4.78 is 24.0. The number of hydrogen-bond donors (Lipinski definition) is 0. The zero-order valence-corrected chi connectivity index (χ0v) is 16.6. The van der Waals surface area contributed by atoms with Gasteiger partial charge in [0.1, 0.15) is 11.8 Å². The molecule has 150 valence electrons. The fraction of sp³-hybridized carbons (Fsp3) is 0.500. The van der Waals surface area contributed by atoms with Crippen molar-refractivity contribution < 1.29 is 23.7 Å². The second-order valence-corrected chi connectivity index (χ2v) is 7.62. The highest BCUT2D eigenvalue weighted by atomic mass is 16.7. The van der Waals surface area contributed by atoms with E-state index >= 15 is 0 Å². The van der Waals surface area contributed by atoms with E-state index < -0.39 is 5.79 Å². The summed E-state index contributed by atoms with van der Waals surface area (Å²) in [6, 6.07) is 7.52. The Kier molecular flexibility index (Phi) is 4.76. The summed E-state index contributed by atoms with van der Waals surface area (Å²) in [7, 11) is 1.78. The fourth-order valence-corrected chi connectivity index (χ4v) is 3.55. The Bertz CT molecular complexity index is 892. The summed E-state index contributed by atoms with van der Waals surface area (Å²) in [5, 5.41) is 4.30. The third-order valence-electron chi connectivity index (χ3n) is 4.81. The van der Waals surface area contributed by atoms with Gasteiger partial charge in [-0.15, -0.1) is 0 Å². The molecule has 1 unspecified atom stereocenters. The van der Waals surface area contributed by atoms with Crippen LogP contribution in [0.4, 0.5) is 0 Å². The highest BCUT2D eigenvalue weighted by Gasteiger charge is 2.35. The molecule has 4 rings (SSSR count). The Balaban J connectivity index is 1.57. The van der Waals surface area contributed by atoms with Crippen LogP contribution in [0.2, 0.25) is 0 Å². The van der Waals surface area contributed by atoms with E-state index in [1.807, 2.05) is 39.0 Å². The fourth-order valence-electron chi connectivity index (χ4n) is 3.55. The third-order valence-corrected chi connectivity index (χ3v) is 4.81. The maximum Gasteiger partial charge on any atom is 0.272 e. The second kappa shape index (κ2) is 7.10. The van der Waals surface area contributed by atoms with E-state index in [1.165, 1.54) is 0 Å². The standard InChI is InChI=1S/C20H25N3O5/c1-13-7-16(22(4)21-13)19(24)23(10-15-11-27-20(2,3)28-15)9-14-5-6-17-18(8-14)26-12-25-17/h5-8,15H,9-12H2,1-4H3. The summed E-state index contributed by atoms with van der Waals surface area (Å²) in [4.78, 5) is 15.0. The molecule has 1 atom stereocenters. The van der Waals surface area contributed by atoms with Gasteiger partial charge in [-0.3, -0.25) is 9.48 Å². The van der Waals surface area contributed by atoms with Crippen molar-refractivity contribution in [2.24, 2.45) is 7.05 Å². The Hall–Kier alpha value is -2.58. The smallest absolute Gasteiger partial charge is 0.272 e. The van der Waals surface area contributed by atoms with E-state index in [1.54, 1.807) is 22.7 Å². The van der Waals surface area contributed by atoms with Crippen LogP contribution < -0.4 is 9.47 Å².